The summed E-state index contributed by atoms with van der Waals surface area (Å²) < 4.78 is 7.26. The fraction of sp³-hybridized carbons (Fsp3) is 0.529. The molecule has 1 fully saturated rings. The van der Waals surface area contributed by atoms with Crippen molar-refractivity contribution < 1.29 is 14.3 Å². The Bertz CT molecular complexity index is 743. The van der Waals surface area contributed by atoms with Gasteiger partial charge < -0.3 is 15.8 Å². The molecule has 2 heterocycles. The van der Waals surface area contributed by atoms with Crippen LogP contribution in [-0.4, -0.2) is 24.5 Å². The molecule has 0 spiro atoms. The van der Waals surface area contributed by atoms with Crippen molar-refractivity contribution in [1.82, 2.24) is 5.32 Å². The average molecular weight is 403 g/mol. The number of nitrogens with two attached hydrogens (primary N) is 1. The molecule has 1 aliphatic rings. The highest BCUT2D eigenvalue weighted by Gasteiger charge is 2.26. The summed E-state index contributed by atoms with van der Waals surface area (Å²) in [5.41, 5.74) is 6.91. The molecule has 3 rings (SSSR count). The third-order valence-electron chi connectivity index (χ3n) is 4.48. The van der Waals surface area contributed by atoms with Crippen LogP contribution in [0.4, 0.5) is 0 Å². The Hall–Kier alpha value is -1.15. The van der Waals surface area contributed by atoms with E-state index in [-0.39, 0.29) is 36.2 Å². The predicted octanol–water partition coefficient (Wildman–Crippen LogP) is 3.70. The first-order valence-electron chi connectivity index (χ1n) is 8.28. The SMILES string of the molecule is CCOC(=O)c1sc2ccsc2c1CNC(=O)C[C@@H]1CCC[C@H]1N.Cl. The molecule has 1 amide bonds. The Balaban J connectivity index is 0.00000225. The third kappa shape index (κ3) is 4.53. The first-order valence-corrected chi connectivity index (χ1v) is 9.98. The zero-order chi connectivity index (χ0) is 17.1. The maximum Gasteiger partial charge on any atom is 0.348 e. The Morgan fingerprint density at radius 1 is 1.40 bits per heavy atom. The summed E-state index contributed by atoms with van der Waals surface area (Å²) in [6, 6.07) is 2.13. The van der Waals surface area contributed by atoms with Crippen molar-refractivity contribution in [3.8, 4) is 0 Å². The molecule has 138 valence electrons. The lowest BCUT2D eigenvalue weighted by atomic mass is 10.00. The normalized spacial score (nSPS) is 19.6. The summed E-state index contributed by atoms with van der Waals surface area (Å²) in [7, 11) is 0. The number of thiophene rings is 2. The van der Waals surface area contributed by atoms with Crippen molar-refractivity contribution >= 4 is 56.4 Å². The number of amides is 1. The number of carbonyl (C=O) groups is 2. The standard InChI is InChI=1S/C17H22N2O3S2.ClH/c1-2-22-17(21)16-11(15-13(24-16)6-7-23-15)9-19-14(20)8-10-4-3-5-12(10)18;/h6-7,10,12H,2-5,8-9,18H2,1H3,(H,19,20);1H/t10-,12+;/m0./s1. The van der Waals surface area contributed by atoms with Crippen LogP contribution >= 0.6 is 35.1 Å². The van der Waals surface area contributed by atoms with Gasteiger partial charge in [-0.25, -0.2) is 4.79 Å². The van der Waals surface area contributed by atoms with E-state index in [2.05, 4.69) is 5.32 Å². The highest BCUT2D eigenvalue weighted by atomic mass is 35.5. The number of halogens is 1. The molecule has 25 heavy (non-hydrogen) atoms. The smallest absolute Gasteiger partial charge is 0.348 e. The molecule has 0 saturated heterocycles. The summed E-state index contributed by atoms with van der Waals surface area (Å²) in [5.74, 6) is -0.0326. The number of hydrogen-bond donors (Lipinski definition) is 2. The lowest BCUT2D eigenvalue weighted by molar-refractivity contribution is -0.122. The van der Waals surface area contributed by atoms with Crippen molar-refractivity contribution in [2.24, 2.45) is 11.7 Å². The van der Waals surface area contributed by atoms with E-state index in [1.807, 2.05) is 11.4 Å². The fourth-order valence-electron chi connectivity index (χ4n) is 3.21. The van der Waals surface area contributed by atoms with Gasteiger partial charge in [-0.05, 0) is 37.1 Å². The van der Waals surface area contributed by atoms with E-state index < -0.39 is 0 Å². The van der Waals surface area contributed by atoms with Crippen LogP contribution in [0.1, 0.15) is 47.8 Å². The van der Waals surface area contributed by atoms with Gasteiger partial charge in [0.25, 0.3) is 0 Å². The quantitative estimate of drug-likeness (QED) is 0.722. The summed E-state index contributed by atoms with van der Waals surface area (Å²) in [5, 5.41) is 4.96. The van der Waals surface area contributed by atoms with E-state index in [0.717, 1.165) is 34.2 Å². The lowest BCUT2D eigenvalue weighted by Gasteiger charge is -2.14. The highest BCUT2D eigenvalue weighted by molar-refractivity contribution is 7.28. The van der Waals surface area contributed by atoms with E-state index >= 15 is 0 Å². The maximum absolute atomic E-state index is 12.2. The number of hydrogen-bond acceptors (Lipinski definition) is 6. The molecule has 2 atom stereocenters. The van der Waals surface area contributed by atoms with Crippen molar-refractivity contribution in [2.75, 3.05) is 6.61 Å². The second-order valence-corrected chi connectivity index (χ2v) is 8.05. The van der Waals surface area contributed by atoms with Crippen LogP contribution < -0.4 is 11.1 Å². The van der Waals surface area contributed by atoms with Crippen molar-refractivity contribution in [1.29, 1.82) is 0 Å². The zero-order valence-electron chi connectivity index (χ0n) is 14.1. The van der Waals surface area contributed by atoms with E-state index in [0.29, 0.717) is 24.4 Å². The van der Waals surface area contributed by atoms with Gasteiger partial charge in [-0.15, -0.1) is 35.1 Å². The second kappa shape index (κ2) is 8.98. The van der Waals surface area contributed by atoms with Crippen LogP contribution in [0.15, 0.2) is 11.4 Å². The minimum atomic E-state index is -0.312. The first-order chi connectivity index (χ1) is 11.6. The fourth-order valence-corrected chi connectivity index (χ4v) is 5.48. The van der Waals surface area contributed by atoms with Crippen LogP contribution in [0.2, 0.25) is 0 Å². The predicted molar refractivity (Wildman–Crippen MR) is 105 cm³/mol. The van der Waals surface area contributed by atoms with E-state index in [4.69, 9.17) is 10.5 Å². The molecule has 0 aliphatic heterocycles. The topological polar surface area (TPSA) is 81.4 Å². The molecule has 2 aromatic rings. The minimum Gasteiger partial charge on any atom is -0.462 e. The molecule has 3 N–H and O–H groups in total. The van der Waals surface area contributed by atoms with Crippen LogP contribution in [-0.2, 0) is 16.1 Å². The molecular weight excluding hydrogens is 380 g/mol. The minimum absolute atomic E-state index is 0. The van der Waals surface area contributed by atoms with Gasteiger partial charge in [0.2, 0.25) is 5.91 Å². The van der Waals surface area contributed by atoms with Gasteiger partial charge in [0.05, 0.1) is 11.3 Å². The van der Waals surface area contributed by atoms with Gasteiger partial charge in [-0.1, -0.05) is 6.42 Å². The molecule has 5 nitrogen and oxygen atoms in total. The molecule has 8 heteroatoms. The molecule has 0 radical (unpaired) electrons. The van der Waals surface area contributed by atoms with Crippen LogP contribution in [0.25, 0.3) is 9.40 Å². The number of nitrogens with one attached hydrogen (secondary N) is 1. The zero-order valence-corrected chi connectivity index (χ0v) is 16.5. The summed E-state index contributed by atoms with van der Waals surface area (Å²) in [4.78, 5) is 25.0. The monoisotopic (exact) mass is 402 g/mol. The van der Waals surface area contributed by atoms with Crippen molar-refractivity contribution in [3.63, 3.8) is 0 Å². The Morgan fingerprint density at radius 2 is 2.20 bits per heavy atom. The van der Waals surface area contributed by atoms with Crippen molar-refractivity contribution in [3.05, 3.63) is 21.9 Å². The van der Waals surface area contributed by atoms with Crippen LogP contribution in [0, 0.1) is 5.92 Å². The summed E-state index contributed by atoms with van der Waals surface area (Å²) >= 11 is 3.01. The largest absolute Gasteiger partial charge is 0.462 e. The Kier molecular flexibility index (Phi) is 7.25. The summed E-state index contributed by atoms with van der Waals surface area (Å²) in [6.45, 7) is 2.49. The number of rotatable bonds is 6. The number of esters is 1. The number of ether oxygens (including phenoxy) is 1. The van der Waals surface area contributed by atoms with Crippen LogP contribution in [0.3, 0.4) is 0 Å². The second-order valence-electron chi connectivity index (χ2n) is 6.08. The number of fused-ring (bicyclic) bond motifs is 1. The lowest BCUT2D eigenvalue weighted by Crippen LogP contribution is -2.31. The van der Waals surface area contributed by atoms with Crippen LogP contribution in [0.5, 0.6) is 0 Å². The van der Waals surface area contributed by atoms with Crippen molar-refractivity contribution in [2.45, 2.75) is 45.2 Å². The molecule has 1 saturated carbocycles. The van der Waals surface area contributed by atoms with Gasteiger partial charge in [0.15, 0.2) is 0 Å². The Morgan fingerprint density at radius 3 is 2.88 bits per heavy atom. The molecule has 1 aliphatic carbocycles. The third-order valence-corrected chi connectivity index (χ3v) is 6.76. The molecule has 0 bridgehead atoms. The maximum atomic E-state index is 12.2. The van der Waals surface area contributed by atoms with Gasteiger partial charge in [0.1, 0.15) is 4.88 Å². The molecular formula is C17H23ClN2O3S2. The van der Waals surface area contributed by atoms with E-state index in [1.54, 1.807) is 18.3 Å². The van der Waals surface area contributed by atoms with Gasteiger partial charge >= 0.3 is 5.97 Å². The Labute approximate surface area is 161 Å². The van der Waals surface area contributed by atoms with Gasteiger partial charge in [-0.3, -0.25) is 4.79 Å². The van der Waals surface area contributed by atoms with Gasteiger partial charge in [0, 0.05) is 29.3 Å². The van der Waals surface area contributed by atoms with Gasteiger partial charge in [-0.2, -0.15) is 0 Å². The molecule has 2 aromatic heterocycles. The van der Waals surface area contributed by atoms with E-state index in [9.17, 15) is 9.59 Å². The average Bonchev–Trinajstić information content (AvgIpc) is 3.22. The molecule has 0 unspecified atom stereocenters. The van der Waals surface area contributed by atoms with E-state index in [1.165, 1.54) is 11.3 Å². The highest BCUT2D eigenvalue weighted by Crippen LogP contribution is 2.36. The first kappa shape index (κ1) is 20.2. The summed E-state index contributed by atoms with van der Waals surface area (Å²) in [6.07, 6.45) is 3.60. The number of carbonyl (C=O) groups excluding carboxylic acids is 2. The molecule has 0 aromatic carbocycles.